The molecule has 0 N–H and O–H groups in total. The van der Waals surface area contributed by atoms with E-state index in [0.29, 0.717) is 17.0 Å². The fourth-order valence-corrected chi connectivity index (χ4v) is 2.73. The van der Waals surface area contributed by atoms with E-state index >= 15 is 0 Å². The minimum Gasteiger partial charge on any atom is -0.497 e. The summed E-state index contributed by atoms with van der Waals surface area (Å²) in [6.07, 6.45) is -4.30. The largest absolute Gasteiger partial charge is 0.497 e. The molecule has 0 unspecified atom stereocenters. The first-order valence-electron chi connectivity index (χ1n) is 7.51. The van der Waals surface area contributed by atoms with Crippen LogP contribution in [0.4, 0.5) is 18.9 Å². The maximum absolute atomic E-state index is 12.7. The number of alkyl halides is 3. The third kappa shape index (κ3) is 3.22. The Bertz CT molecular complexity index is 828. The van der Waals surface area contributed by atoms with Crippen molar-refractivity contribution in [1.82, 2.24) is 0 Å². The number of halogens is 3. The summed E-state index contributed by atoms with van der Waals surface area (Å²) in [6.45, 7) is 0.166. The summed E-state index contributed by atoms with van der Waals surface area (Å²) in [5.74, 6) is -0.0662. The second-order valence-electron chi connectivity index (χ2n) is 5.59. The molecule has 0 saturated heterocycles. The van der Waals surface area contributed by atoms with Gasteiger partial charge in [-0.25, -0.2) is 0 Å². The van der Waals surface area contributed by atoms with Crippen molar-refractivity contribution in [1.29, 1.82) is 0 Å². The molecule has 0 bridgehead atoms. The van der Waals surface area contributed by atoms with Gasteiger partial charge < -0.3 is 9.64 Å². The van der Waals surface area contributed by atoms with Crippen LogP contribution in [0.3, 0.4) is 0 Å². The van der Waals surface area contributed by atoms with Gasteiger partial charge in [-0.1, -0.05) is 0 Å². The van der Waals surface area contributed by atoms with Crippen LogP contribution in [-0.2, 0) is 6.18 Å². The highest BCUT2D eigenvalue weighted by Gasteiger charge is 2.32. The van der Waals surface area contributed by atoms with E-state index in [1.54, 1.807) is 18.2 Å². The molecule has 25 heavy (non-hydrogen) atoms. The van der Waals surface area contributed by atoms with Crippen molar-refractivity contribution in [3.05, 3.63) is 59.2 Å². The van der Waals surface area contributed by atoms with Crippen LogP contribution >= 0.6 is 0 Å². The van der Waals surface area contributed by atoms with Crippen LogP contribution in [0.25, 0.3) is 0 Å². The van der Waals surface area contributed by atoms with Crippen molar-refractivity contribution in [3.8, 4) is 5.75 Å². The number of ether oxygens (including phenoxy) is 1. The van der Waals surface area contributed by atoms with Crippen molar-refractivity contribution in [2.45, 2.75) is 12.6 Å². The van der Waals surface area contributed by atoms with E-state index in [1.807, 2.05) is 0 Å². The highest BCUT2D eigenvalue weighted by Crippen LogP contribution is 2.33. The predicted octanol–water partition coefficient (Wildman–Crippen LogP) is 3.95. The van der Waals surface area contributed by atoms with Gasteiger partial charge in [-0.3, -0.25) is 9.59 Å². The average molecular weight is 349 g/mol. The molecule has 0 saturated carbocycles. The summed E-state index contributed by atoms with van der Waals surface area (Å²) in [4.78, 5) is 26.2. The lowest BCUT2D eigenvalue weighted by Gasteiger charge is -2.29. The van der Waals surface area contributed by atoms with Crippen molar-refractivity contribution in [2.24, 2.45) is 0 Å². The summed E-state index contributed by atoms with van der Waals surface area (Å²) in [5.41, 5.74) is 0.101. The maximum Gasteiger partial charge on any atom is 0.416 e. The number of hydrogen-bond acceptors (Lipinski definition) is 3. The van der Waals surface area contributed by atoms with Gasteiger partial charge in [0, 0.05) is 30.2 Å². The van der Waals surface area contributed by atoms with Crippen molar-refractivity contribution >= 4 is 17.4 Å². The molecule has 0 aromatic heterocycles. The van der Waals surface area contributed by atoms with Crippen molar-refractivity contribution in [2.75, 3.05) is 18.6 Å². The molecule has 3 rings (SSSR count). The van der Waals surface area contributed by atoms with Crippen molar-refractivity contribution in [3.63, 3.8) is 0 Å². The van der Waals surface area contributed by atoms with E-state index in [0.717, 1.165) is 24.3 Å². The van der Waals surface area contributed by atoms with Gasteiger partial charge in [0.2, 0.25) is 0 Å². The topological polar surface area (TPSA) is 46.6 Å². The van der Waals surface area contributed by atoms with Crippen LogP contribution < -0.4 is 9.64 Å². The van der Waals surface area contributed by atoms with Gasteiger partial charge >= 0.3 is 6.18 Å². The monoisotopic (exact) mass is 349 g/mol. The number of nitrogens with zero attached hydrogens (tertiary/aromatic N) is 1. The van der Waals surface area contributed by atoms with Crippen LogP contribution in [0.15, 0.2) is 42.5 Å². The quantitative estimate of drug-likeness (QED) is 0.825. The van der Waals surface area contributed by atoms with Gasteiger partial charge in [-0.05, 0) is 36.4 Å². The Morgan fingerprint density at radius 2 is 1.80 bits per heavy atom. The number of ketones is 1. The van der Waals surface area contributed by atoms with E-state index in [4.69, 9.17) is 4.74 Å². The first kappa shape index (κ1) is 17.0. The second kappa shape index (κ2) is 6.23. The summed E-state index contributed by atoms with van der Waals surface area (Å²) >= 11 is 0. The van der Waals surface area contributed by atoms with Gasteiger partial charge in [0.25, 0.3) is 5.91 Å². The van der Waals surface area contributed by atoms with Crippen LogP contribution in [0.1, 0.15) is 32.7 Å². The predicted molar refractivity (Wildman–Crippen MR) is 85.1 cm³/mol. The molecule has 7 heteroatoms. The molecule has 0 atom stereocenters. The fraction of sp³-hybridized carbons (Fsp3) is 0.222. The molecule has 1 aliphatic heterocycles. The molecule has 0 radical (unpaired) electrons. The van der Waals surface area contributed by atoms with Crippen LogP contribution in [-0.4, -0.2) is 25.3 Å². The number of rotatable bonds is 2. The molecular formula is C18H14F3NO3. The molecule has 2 aromatic rings. The van der Waals surface area contributed by atoms with E-state index in [1.165, 1.54) is 12.0 Å². The number of methoxy groups -OCH3 is 1. The first-order chi connectivity index (χ1) is 11.8. The van der Waals surface area contributed by atoms with Gasteiger partial charge in [0.15, 0.2) is 5.78 Å². The minimum atomic E-state index is -4.46. The molecular weight excluding hydrogens is 335 g/mol. The van der Waals surface area contributed by atoms with Crippen LogP contribution in [0.5, 0.6) is 5.75 Å². The number of amides is 1. The Balaban J connectivity index is 1.96. The molecule has 2 aromatic carbocycles. The molecule has 0 aliphatic carbocycles. The third-order valence-electron chi connectivity index (χ3n) is 4.06. The average Bonchev–Trinajstić information content (AvgIpc) is 2.60. The van der Waals surface area contributed by atoms with Gasteiger partial charge in [-0.15, -0.1) is 0 Å². The number of fused-ring (bicyclic) bond motifs is 1. The SMILES string of the molecule is COc1ccc2c(c1)N(C(=O)c1ccc(C(F)(F)F)cc1)CCC2=O. The summed E-state index contributed by atoms with van der Waals surface area (Å²) in [6, 6.07) is 8.81. The number of Topliss-reactive ketones (excluding diaryl/α,β-unsaturated/α-hetero) is 1. The Morgan fingerprint density at radius 1 is 1.12 bits per heavy atom. The Labute approximate surface area is 141 Å². The number of anilines is 1. The van der Waals surface area contributed by atoms with Crippen LogP contribution in [0.2, 0.25) is 0 Å². The Morgan fingerprint density at radius 3 is 2.40 bits per heavy atom. The van der Waals surface area contributed by atoms with E-state index in [-0.39, 0.29) is 24.3 Å². The number of hydrogen-bond donors (Lipinski definition) is 0. The number of carbonyl (C=O) groups excluding carboxylic acids is 2. The molecule has 1 amide bonds. The second-order valence-corrected chi connectivity index (χ2v) is 5.59. The molecule has 0 fully saturated rings. The van der Waals surface area contributed by atoms with Crippen molar-refractivity contribution < 1.29 is 27.5 Å². The zero-order chi connectivity index (χ0) is 18.2. The van der Waals surface area contributed by atoms with Gasteiger partial charge in [0.1, 0.15) is 5.75 Å². The molecule has 1 aliphatic rings. The molecule has 0 spiro atoms. The van der Waals surface area contributed by atoms with Crippen LogP contribution in [0, 0.1) is 0 Å². The lowest BCUT2D eigenvalue weighted by atomic mass is 9.99. The highest BCUT2D eigenvalue weighted by atomic mass is 19.4. The fourth-order valence-electron chi connectivity index (χ4n) is 2.73. The maximum atomic E-state index is 12.7. The van der Waals surface area contributed by atoms with E-state index in [9.17, 15) is 22.8 Å². The lowest BCUT2D eigenvalue weighted by Crippen LogP contribution is -2.37. The lowest BCUT2D eigenvalue weighted by molar-refractivity contribution is -0.137. The van der Waals surface area contributed by atoms with E-state index in [2.05, 4.69) is 0 Å². The summed E-state index contributed by atoms with van der Waals surface area (Å²) < 4.78 is 43.1. The Hall–Kier alpha value is -2.83. The van der Waals surface area contributed by atoms with E-state index < -0.39 is 17.6 Å². The first-order valence-corrected chi connectivity index (χ1v) is 7.51. The molecule has 130 valence electrons. The minimum absolute atomic E-state index is 0.0888. The standard InChI is InChI=1S/C18H14F3NO3/c1-25-13-6-7-14-15(10-13)22(9-8-16(14)23)17(24)11-2-4-12(5-3-11)18(19,20)21/h2-7,10H,8-9H2,1H3. The summed E-state index contributed by atoms with van der Waals surface area (Å²) in [7, 11) is 1.47. The normalized spacial score (nSPS) is 14.2. The summed E-state index contributed by atoms with van der Waals surface area (Å²) in [5, 5.41) is 0. The van der Waals surface area contributed by atoms with Gasteiger partial charge in [0.05, 0.1) is 18.4 Å². The zero-order valence-corrected chi connectivity index (χ0v) is 13.3. The zero-order valence-electron chi connectivity index (χ0n) is 13.3. The molecule has 4 nitrogen and oxygen atoms in total. The third-order valence-corrected chi connectivity index (χ3v) is 4.06. The number of carbonyl (C=O) groups is 2. The highest BCUT2D eigenvalue weighted by molar-refractivity contribution is 6.13. The molecule has 1 heterocycles. The smallest absolute Gasteiger partial charge is 0.416 e. The van der Waals surface area contributed by atoms with Gasteiger partial charge in [-0.2, -0.15) is 13.2 Å². The Kier molecular flexibility index (Phi) is 4.24. The number of benzene rings is 2.